The zero-order chi connectivity index (χ0) is 26.2. The lowest BCUT2D eigenvalue weighted by Gasteiger charge is -2.38. The second kappa shape index (κ2) is 9.78. The van der Waals surface area contributed by atoms with Gasteiger partial charge in [0.2, 0.25) is 5.95 Å². The van der Waals surface area contributed by atoms with Crippen molar-refractivity contribution < 1.29 is 9.13 Å². The Morgan fingerprint density at radius 2 is 1.95 bits per heavy atom. The summed E-state index contributed by atoms with van der Waals surface area (Å²) in [7, 11) is 3.79. The summed E-state index contributed by atoms with van der Waals surface area (Å²) >= 11 is 0. The Bertz CT molecular complexity index is 1620. The summed E-state index contributed by atoms with van der Waals surface area (Å²) in [6, 6.07) is 11.3. The number of aromatic nitrogens is 7. The van der Waals surface area contributed by atoms with Gasteiger partial charge in [-0.15, -0.1) is 5.10 Å². The van der Waals surface area contributed by atoms with Gasteiger partial charge in [-0.1, -0.05) is 5.21 Å². The molecule has 12 heteroatoms. The first-order chi connectivity index (χ1) is 18.5. The fourth-order valence-electron chi connectivity index (χ4n) is 4.57. The topological polar surface area (TPSA) is 110 Å². The highest BCUT2D eigenvalue weighted by Gasteiger charge is 2.26. The summed E-state index contributed by atoms with van der Waals surface area (Å²) in [5.41, 5.74) is 4.71. The van der Waals surface area contributed by atoms with Crippen molar-refractivity contribution in [1.82, 2.24) is 39.8 Å². The number of anilines is 3. The quantitative estimate of drug-likeness (QED) is 0.361. The van der Waals surface area contributed by atoms with Crippen LogP contribution in [0.2, 0.25) is 0 Å². The maximum atomic E-state index is 13.5. The molecule has 1 atom stereocenters. The number of fused-ring (bicyclic) bond motifs is 2. The summed E-state index contributed by atoms with van der Waals surface area (Å²) in [5, 5.41) is 11.6. The van der Waals surface area contributed by atoms with Gasteiger partial charge in [0.05, 0.1) is 17.8 Å². The van der Waals surface area contributed by atoms with Gasteiger partial charge < -0.3 is 15.0 Å². The first-order valence-electron chi connectivity index (χ1n) is 12.3. The molecule has 1 aliphatic heterocycles. The first-order valence-corrected chi connectivity index (χ1v) is 12.3. The molecule has 4 heterocycles. The maximum absolute atomic E-state index is 13.5. The molecule has 1 aliphatic rings. The van der Waals surface area contributed by atoms with Gasteiger partial charge in [0.1, 0.15) is 41.1 Å². The van der Waals surface area contributed by atoms with Crippen LogP contribution < -0.4 is 15.0 Å². The van der Waals surface area contributed by atoms with Crippen LogP contribution in [0.5, 0.6) is 11.5 Å². The lowest BCUT2D eigenvalue weighted by molar-refractivity contribution is 0.182. The Balaban J connectivity index is 1.23. The lowest BCUT2D eigenvalue weighted by Crippen LogP contribution is -2.53. The van der Waals surface area contributed by atoms with Gasteiger partial charge in [0.25, 0.3) is 0 Å². The van der Waals surface area contributed by atoms with Gasteiger partial charge in [0, 0.05) is 38.4 Å². The largest absolute Gasteiger partial charge is 0.457 e. The molecular formula is C26H27FN10O. The van der Waals surface area contributed by atoms with Crippen LogP contribution in [0.15, 0.2) is 48.9 Å². The average molecular weight is 515 g/mol. The Morgan fingerprint density at radius 3 is 2.79 bits per heavy atom. The molecule has 1 unspecified atom stereocenters. The minimum absolute atomic E-state index is 0.182. The number of nitrogens with zero attached hydrogens (tertiary/aromatic N) is 9. The zero-order valence-corrected chi connectivity index (χ0v) is 21.3. The van der Waals surface area contributed by atoms with E-state index in [-0.39, 0.29) is 6.04 Å². The second-order valence-corrected chi connectivity index (χ2v) is 9.43. The molecule has 5 aromatic rings. The van der Waals surface area contributed by atoms with Crippen molar-refractivity contribution in [3.63, 3.8) is 0 Å². The highest BCUT2D eigenvalue weighted by atomic mass is 19.1. The van der Waals surface area contributed by atoms with E-state index in [1.807, 2.05) is 67.2 Å². The van der Waals surface area contributed by atoms with E-state index < -0.39 is 6.67 Å². The van der Waals surface area contributed by atoms with E-state index in [4.69, 9.17) is 9.72 Å². The summed E-state index contributed by atoms with van der Waals surface area (Å²) < 4.78 is 21.3. The molecule has 6 rings (SSSR count). The number of alkyl halides is 1. The van der Waals surface area contributed by atoms with Crippen molar-refractivity contribution in [2.45, 2.75) is 13.0 Å². The molecule has 3 aromatic heterocycles. The van der Waals surface area contributed by atoms with E-state index in [0.717, 1.165) is 41.1 Å². The van der Waals surface area contributed by atoms with Crippen molar-refractivity contribution in [3.05, 3.63) is 54.5 Å². The highest BCUT2D eigenvalue weighted by molar-refractivity contribution is 5.87. The Hall–Kier alpha value is -4.45. The molecular weight excluding hydrogens is 487 g/mol. The van der Waals surface area contributed by atoms with Crippen LogP contribution in [0.1, 0.15) is 5.56 Å². The van der Waals surface area contributed by atoms with E-state index in [0.29, 0.717) is 35.1 Å². The van der Waals surface area contributed by atoms with Gasteiger partial charge in [0.15, 0.2) is 5.82 Å². The molecule has 38 heavy (non-hydrogen) atoms. The number of aryl methyl sites for hydroxylation is 2. The minimum atomic E-state index is -0.412. The molecule has 194 valence electrons. The molecule has 1 N–H and O–H groups in total. The van der Waals surface area contributed by atoms with Crippen molar-refractivity contribution in [2.24, 2.45) is 7.05 Å². The van der Waals surface area contributed by atoms with E-state index in [2.05, 4.69) is 30.6 Å². The number of halogens is 1. The van der Waals surface area contributed by atoms with Crippen LogP contribution >= 0.6 is 0 Å². The van der Waals surface area contributed by atoms with Gasteiger partial charge >= 0.3 is 0 Å². The molecule has 11 nitrogen and oxygen atoms in total. The fraction of sp³-hybridized carbons (Fsp3) is 0.308. The zero-order valence-electron chi connectivity index (χ0n) is 21.3. The molecule has 0 spiro atoms. The highest BCUT2D eigenvalue weighted by Crippen LogP contribution is 2.31. The molecule has 0 saturated carbocycles. The van der Waals surface area contributed by atoms with Crippen molar-refractivity contribution in [3.8, 4) is 11.5 Å². The molecule has 2 aromatic carbocycles. The third kappa shape index (κ3) is 4.54. The third-order valence-corrected chi connectivity index (χ3v) is 6.85. The SMILES string of the molecule is Cc1cc(Nc2ncnc3cnc(N4CCN(C)C(CF)C4)nc23)ccc1Oc1ccc2c(c1)nnn2C. The van der Waals surface area contributed by atoms with Crippen LogP contribution in [0.25, 0.3) is 22.1 Å². The number of likely N-dealkylation sites (N-methyl/N-ethyl adjacent to an activating group) is 1. The predicted molar refractivity (Wildman–Crippen MR) is 143 cm³/mol. The van der Waals surface area contributed by atoms with Gasteiger partial charge in [-0.3, -0.25) is 4.90 Å². The van der Waals surface area contributed by atoms with Crippen LogP contribution in [0, 0.1) is 6.92 Å². The molecule has 0 bridgehead atoms. The number of ether oxygens (including phenoxy) is 1. The number of hydrogen-bond acceptors (Lipinski definition) is 10. The summed E-state index contributed by atoms with van der Waals surface area (Å²) in [6.45, 7) is 3.56. The van der Waals surface area contributed by atoms with Crippen LogP contribution in [-0.4, -0.2) is 79.2 Å². The van der Waals surface area contributed by atoms with Crippen LogP contribution in [0.4, 0.5) is 21.8 Å². The van der Waals surface area contributed by atoms with E-state index in [9.17, 15) is 4.39 Å². The van der Waals surface area contributed by atoms with E-state index in [1.165, 1.54) is 6.33 Å². The molecule has 1 fully saturated rings. The molecule has 0 amide bonds. The predicted octanol–water partition coefficient (Wildman–Crippen LogP) is 3.64. The smallest absolute Gasteiger partial charge is 0.226 e. The van der Waals surface area contributed by atoms with Crippen LogP contribution in [-0.2, 0) is 7.05 Å². The number of piperazine rings is 1. The molecule has 0 radical (unpaired) electrons. The van der Waals surface area contributed by atoms with Crippen LogP contribution in [0.3, 0.4) is 0 Å². The molecule has 1 saturated heterocycles. The minimum Gasteiger partial charge on any atom is -0.457 e. The summed E-state index contributed by atoms with van der Waals surface area (Å²) in [6.07, 6.45) is 3.17. The van der Waals surface area contributed by atoms with E-state index in [1.54, 1.807) is 10.9 Å². The van der Waals surface area contributed by atoms with Gasteiger partial charge in [-0.25, -0.2) is 29.0 Å². The standard InChI is InChI=1S/C26H27FN10O/c1-16-10-17(4-7-23(16)38-19-5-6-22-20(11-19)33-34-36(22)3)31-25-24-21(29-15-30-25)13-28-26(32-24)37-9-8-35(2)18(12-27)14-37/h4-7,10-11,13,15,18H,8-9,12,14H2,1-3H3,(H,29,30,31). The Morgan fingerprint density at radius 1 is 1.05 bits per heavy atom. The van der Waals surface area contributed by atoms with Crippen molar-refractivity contribution >= 4 is 39.5 Å². The number of nitrogens with one attached hydrogen (secondary N) is 1. The normalized spacial score (nSPS) is 16.3. The number of benzene rings is 2. The summed E-state index contributed by atoms with van der Waals surface area (Å²) in [5.74, 6) is 2.53. The van der Waals surface area contributed by atoms with Crippen molar-refractivity contribution in [1.29, 1.82) is 0 Å². The lowest BCUT2D eigenvalue weighted by atomic mass is 10.2. The Kier molecular flexibility index (Phi) is 6.16. The maximum Gasteiger partial charge on any atom is 0.226 e. The van der Waals surface area contributed by atoms with Gasteiger partial charge in [-0.05, 0) is 49.9 Å². The van der Waals surface area contributed by atoms with Crippen molar-refractivity contribution in [2.75, 3.05) is 43.6 Å². The van der Waals surface area contributed by atoms with Gasteiger partial charge in [-0.2, -0.15) is 0 Å². The Labute approximate surface area is 218 Å². The third-order valence-electron chi connectivity index (χ3n) is 6.85. The average Bonchev–Trinajstić information content (AvgIpc) is 3.30. The molecule has 0 aliphatic carbocycles. The number of hydrogen-bond donors (Lipinski definition) is 1. The fourth-order valence-corrected chi connectivity index (χ4v) is 4.57. The van der Waals surface area contributed by atoms with E-state index >= 15 is 0 Å². The second-order valence-electron chi connectivity index (χ2n) is 9.43. The first kappa shape index (κ1) is 23.9. The number of rotatable bonds is 6. The summed E-state index contributed by atoms with van der Waals surface area (Å²) in [4.78, 5) is 22.0. The monoisotopic (exact) mass is 514 g/mol.